The van der Waals surface area contributed by atoms with E-state index < -0.39 is 0 Å². The van der Waals surface area contributed by atoms with Gasteiger partial charge in [-0.3, -0.25) is 0 Å². The van der Waals surface area contributed by atoms with Crippen molar-refractivity contribution >= 4 is 16.6 Å². The number of benzene rings is 1. The highest BCUT2D eigenvalue weighted by molar-refractivity contribution is 5.95. The molecule has 1 N–H and O–H groups in total. The lowest BCUT2D eigenvalue weighted by Gasteiger charge is -2.14. The normalized spacial score (nSPS) is 12.3. The Bertz CT molecular complexity index is 708. The Morgan fingerprint density at radius 3 is 2.80 bits per heavy atom. The van der Waals surface area contributed by atoms with Gasteiger partial charge in [0, 0.05) is 17.0 Å². The van der Waals surface area contributed by atoms with Crippen molar-refractivity contribution in [2.45, 2.75) is 13.0 Å². The number of aromatic nitrogens is 1. The number of rotatable bonds is 4. The van der Waals surface area contributed by atoms with E-state index in [4.69, 9.17) is 9.15 Å². The van der Waals surface area contributed by atoms with E-state index in [0.29, 0.717) is 0 Å². The summed E-state index contributed by atoms with van der Waals surface area (Å²) >= 11 is 0. The second-order valence-electron chi connectivity index (χ2n) is 4.60. The highest BCUT2D eigenvalue weighted by Gasteiger charge is 2.12. The lowest BCUT2D eigenvalue weighted by Crippen LogP contribution is -2.07. The molecular weight excluding hydrogens is 252 g/mol. The molecule has 4 heteroatoms. The number of methoxy groups -OCH3 is 1. The highest BCUT2D eigenvalue weighted by atomic mass is 16.5. The number of fused-ring (bicyclic) bond motifs is 1. The van der Waals surface area contributed by atoms with Crippen molar-refractivity contribution in [1.29, 1.82) is 0 Å². The van der Waals surface area contributed by atoms with Crippen molar-refractivity contribution in [3.63, 3.8) is 0 Å². The van der Waals surface area contributed by atoms with Gasteiger partial charge in [-0.25, -0.2) is 4.98 Å². The first kappa shape index (κ1) is 12.5. The van der Waals surface area contributed by atoms with Crippen LogP contribution in [0.3, 0.4) is 0 Å². The largest absolute Gasteiger partial charge is 0.496 e. The van der Waals surface area contributed by atoms with E-state index in [1.54, 1.807) is 19.6 Å². The lowest BCUT2D eigenvalue weighted by molar-refractivity contribution is 0.420. The van der Waals surface area contributed by atoms with Crippen LogP contribution < -0.4 is 10.1 Å². The topological polar surface area (TPSA) is 47.3 Å². The van der Waals surface area contributed by atoms with Crippen LogP contribution in [0.5, 0.6) is 5.75 Å². The molecule has 1 unspecified atom stereocenters. The first-order chi connectivity index (χ1) is 9.79. The summed E-state index contributed by atoms with van der Waals surface area (Å²) in [6, 6.07) is 11.8. The number of hydrogen-bond donors (Lipinski definition) is 1. The number of pyridine rings is 1. The summed E-state index contributed by atoms with van der Waals surface area (Å²) < 4.78 is 10.8. The van der Waals surface area contributed by atoms with Crippen molar-refractivity contribution in [3.8, 4) is 5.75 Å². The van der Waals surface area contributed by atoms with E-state index in [-0.39, 0.29) is 6.04 Å². The molecule has 2 heterocycles. The molecule has 0 saturated carbocycles. The Kier molecular flexibility index (Phi) is 3.29. The maximum Gasteiger partial charge on any atom is 0.134 e. The summed E-state index contributed by atoms with van der Waals surface area (Å²) in [6.07, 6.45) is 3.45. The molecule has 102 valence electrons. The minimum atomic E-state index is 0.0503. The molecule has 4 nitrogen and oxygen atoms in total. The van der Waals surface area contributed by atoms with Gasteiger partial charge in [0.25, 0.3) is 0 Å². The molecule has 0 fully saturated rings. The Morgan fingerprint density at radius 2 is 2.05 bits per heavy atom. The lowest BCUT2D eigenvalue weighted by atomic mass is 10.1. The van der Waals surface area contributed by atoms with Crippen LogP contribution in [0.2, 0.25) is 0 Å². The average Bonchev–Trinajstić information content (AvgIpc) is 3.01. The Balaban J connectivity index is 2.00. The van der Waals surface area contributed by atoms with Gasteiger partial charge < -0.3 is 14.5 Å². The molecule has 3 aromatic rings. The summed E-state index contributed by atoms with van der Waals surface area (Å²) in [6.45, 7) is 2.04. The molecule has 0 aliphatic heterocycles. The van der Waals surface area contributed by atoms with Crippen LogP contribution in [0, 0.1) is 0 Å². The quantitative estimate of drug-likeness (QED) is 0.776. The second kappa shape index (κ2) is 5.25. The van der Waals surface area contributed by atoms with Gasteiger partial charge in [-0.15, -0.1) is 0 Å². The number of anilines is 1. The third kappa shape index (κ3) is 2.20. The van der Waals surface area contributed by atoms with Crippen LogP contribution in [-0.4, -0.2) is 12.1 Å². The second-order valence-corrected chi connectivity index (χ2v) is 4.60. The van der Waals surface area contributed by atoms with E-state index in [1.807, 2.05) is 43.3 Å². The standard InChI is InChI=1S/C16H16N2O2/c1-11(14-7-4-10-20-14)18-16-13-5-3-6-15(19-2)12(13)8-9-17-16/h3-11H,1-2H3,(H,17,18). The van der Waals surface area contributed by atoms with Gasteiger partial charge in [-0.1, -0.05) is 12.1 Å². The first-order valence-electron chi connectivity index (χ1n) is 6.51. The molecule has 1 aromatic carbocycles. The molecule has 0 saturated heterocycles. The Hall–Kier alpha value is -2.49. The number of nitrogens with zero attached hydrogens (tertiary/aromatic N) is 1. The van der Waals surface area contributed by atoms with Crippen LogP contribution >= 0.6 is 0 Å². The molecule has 0 bridgehead atoms. The molecule has 3 rings (SSSR count). The van der Waals surface area contributed by atoms with Crippen LogP contribution in [0.4, 0.5) is 5.82 Å². The highest BCUT2D eigenvalue weighted by Crippen LogP contribution is 2.30. The van der Waals surface area contributed by atoms with Crippen LogP contribution in [0.1, 0.15) is 18.7 Å². The monoisotopic (exact) mass is 268 g/mol. The van der Waals surface area contributed by atoms with Crippen LogP contribution in [0.25, 0.3) is 10.8 Å². The Morgan fingerprint density at radius 1 is 1.15 bits per heavy atom. The first-order valence-corrected chi connectivity index (χ1v) is 6.51. The summed E-state index contributed by atoms with van der Waals surface area (Å²) in [7, 11) is 1.67. The van der Waals surface area contributed by atoms with Crippen LogP contribution in [-0.2, 0) is 0 Å². The maximum atomic E-state index is 5.41. The van der Waals surface area contributed by atoms with Gasteiger partial charge in [0.15, 0.2) is 0 Å². The summed E-state index contributed by atoms with van der Waals surface area (Å²) in [5.41, 5.74) is 0. The van der Waals surface area contributed by atoms with E-state index in [9.17, 15) is 0 Å². The summed E-state index contributed by atoms with van der Waals surface area (Å²) in [5.74, 6) is 2.55. The minimum Gasteiger partial charge on any atom is -0.496 e. The predicted octanol–water partition coefficient (Wildman–Crippen LogP) is 4.01. The molecule has 1 atom stereocenters. The zero-order valence-corrected chi connectivity index (χ0v) is 11.5. The predicted molar refractivity (Wildman–Crippen MR) is 79.0 cm³/mol. The van der Waals surface area contributed by atoms with Gasteiger partial charge >= 0.3 is 0 Å². The maximum absolute atomic E-state index is 5.41. The molecule has 0 amide bonds. The number of ether oxygens (including phenoxy) is 1. The molecule has 2 aromatic heterocycles. The number of hydrogen-bond acceptors (Lipinski definition) is 4. The van der Waals surface area contributed by atoms with Crippen molar-refractivity contribution in [1.82, 2.24) is 4.98 Å². The van der Waals surface area contributed by atoms with E-state index in [1.165, 1.54) is 0 Å². The SMILES string of the molecule is COc1cccc2c(NC(C)c3ccco3)nccc12. The third-order valence-electron chi connectivity index (χ3n) is 3.31. The molecule has 0 radical (unpaired) electrons. The van der Waals surface area contributed by atoms with Gasteiger partial charge in [0.1, 0.15) is 17.3 Å². The van der Waals surface area contributed by atoms with Gasteiger partial charge in [0.05, 0.1) is 19.4 Å². The fourth-order valence-electron chi connectivity index (χ4n) is 2.29. The van der Waals surface area contributed by atoms with Crippen molar-refractivity contribution in [2.24, 2.45) is 0 Å². The molecular formula is C16H16N2O2. The third-order valence-corrected chi connectivity index (χ3v) is 3.31. The zero-order valence-electron chi connectivity index (χ0n) is 11.5. The van der Waals surface area contributed by atoms with Gasteiger partial charge in [-0.2, -0.15) is 0 Å². The van der Waals surface area contributed by atoms with Gasteiger partial charge in [0.2, 0.25) is 0 Å². The van der Waals surface area contributed by atoms with Crippen molar-refractivity contribution in [3.05, 3.63) is 54.6 Å². The number of furan rings is 1. The van der Waals surface area contributed by atoms with E-state index in [2.05, 4.69) is 10.3 Å². The van der Waals surface area contributed by atoms with E-state index >= 15 is 0 Å². The zero-order chi connectivity index (χ0) is 13.9. The fourth-order valence-corrected chi connectivity index (χ4v) is 2.29. The van der Waals surface area contributed by atoms with Crippen LogP contribution in [0.15, 0.2) is 53.3 Å². The van der Waals surface area contributed by atoms with Crippen molar-refractivity contribution in [2.75, 3.05) is 12.4 Å². The average molecular weight is 268 g/mol. The smallest absolute Gasteiger partial charge is 0.134 e. The fraction of sp³-hybridized carbons (Fsp3) is 0.188. The molecule has 0 aliphatic carbocycles. The molecule has 0 aliphatic rings. The minimum absolute atomic E-state index is 0.0503. The molecule has 20 heavy (non-hydrogen) atoms. The molecule has 0 spiro atoms. The van der Waals surface area contributed by atoms with E-state index in [0.717, 1.165) is 28.1 Å². The Labute approximate surface area is 117 Å². The van der Waals surface area contributed by atoms with Gasteiger partial charge in [-0.05, 0) is 31.2 Å². The summed E-state index contributed by atoms with van der Waals surface area (Å²) in [5, 5.41) is 5.45. The van der Waals surface area contributed by atoms with Crippen molar-refractivity contribution < 1.29 is 9.15 Å². The number of nitrogens with one attached hydrogen (secondary N) is 1. The summed E-state index contributed by atoms with van der Waals surface area (Å²) in [4.78, 5) is 4.42.